The Morgan fingerprint density at radius 1 is 1.10 bits per heavy atom. The minimum atomic E-state index is -0.217. The third-order valence-electron chi connectivity index (χ3n) is 2.82. The first-order valence-electron chi connectivity index (χ1n) is 6.33. The van der Waals surface area contributed by atoms with Gasteiger partial charge in [0.05, 0.1) is 18.5 Å². The molecule has 0 aliphatic carbocycles. The zero-order valence-electron chi connectivity index (χ0n) is 11.1. The highest BCUT2D eigenvalue weighted by Gasteiger charge is 2.11. The third-order valence-corrected chi connectivity index (χ3v) is 2.82. The van der Waals surface area contributed by atoms with Crippen LogP contribution in [0.3, 0.4) is 0 Å². The highest BCUT2D eigenvalue weighted by atomic mass is 16.5. The molecule has 3 rings (SSSR count). The Kier molecular flexibility index (Phi) is 3.57. The highest BCUT2D eigenvalue weighted by Crippen LogP contribution is 2.21. The van der Waals surface area contributed by atoms with Gasteiger partial charge in [-0.3, -0.25) is 0 Å². The Balaban J connectivity index is 1.96. The predicted molar refractivity (Wildman–Crippen MR) is 76.2 cm³/mol. The molecule has 0 unspecified atom stereocenters. The fourth-order valence-electron chi connectivity index (χ4n) is 1.84. The summed E-state index contributed by atoms with van der Waals surface area (Å²) in [5.74, 6) is 0.320. The molecule has 0 aliphatic heterocycles. The van der Waals surface area contributed by atoms with Crippen molar-refractivity contribution in [3.05, 3.63) is 47.8 Å². The van der Waals surface area contributed by atoms with E-state index in [0.29, 0.717) is 23.5 Å². The maximum atomic E-state index is 9.14. The number of hydrogen-bond acceptors (Lipinski definition) is 7. The summed E-state index contributed by atoms with van der Waals surface area (Å²) in [6, 6.07) is 9.67. The Hall–Kier alpha value is -2.80. The van der Waals surface area contributed by atoms with E-state index in [1.54, 1.807) is 0 Å². The molecule has 0 bridgehead atoms. The van der Waals surface area contributed by atoms with E-state index in [0.717, 1.165) is 5.56 Å². The van der Waals surface area contributed by atoms with Crippen molar-refractivity contribution in [1.29, 1.82) is 0 Å². The van der Waals surface area contributed by atoms with Crippen molar-refractivity contribution in [2.24, 2.45) is 0 Å². The van der Waals surface area contributed by atoms with Crippen molar-refractivity contribution >= 4 is 17.1 Å². The summed E-state index contributed by atoms with van der Waals surface area (Å²) in [6.07, 6.45) is 1.44. The predicted octanol–water partition coefficient (Wildman–Crippen LogP) is 1.07. The molecule has 2 aromatic heterocycles. The maximum absolute atomic E-state index is 9.14. The van der Waals surface area contributed by atoms with Gasteiger partial charge in [-0.25, -0.2) is 9.97 Å². The van der Waals surface area contributed by atoms with E-state index in [-0.39, 0.29) is 18.4 Å². The Morgan fingerprint density at radius 2 is 1.90 bits per heavy atom. The van der Waals surface area contributed by atoms with Crippen LogP contribution in [0.4, 0.5) is 5.95 Å². The second-order valence-corrected chi connectivity index (χ2v) is 4.35. The summed E-state index contributed by atoms with van der Waals surface area (Å²) in [4.78, 5) is 16.4. The topological polar surface area (TPSA) is 107 Å². The molecule has 0 fully saturated rings. The van der Waals surface area contributed by atoms with Crippen LogP contribution in [0.2, 0.25) is 0 Å². The largest absolute Gasteiger partial charge is 0.471 e. The van der Waals surface area contributed by atoms with Crippen LogP contribution in [-0.2, 0) is 13.2 Å². The number of aliphatic hydroxyl groups excluding tert-OH is 1. The molecule has 0 saturated carbocycles. The van der Waals surface area contributed by atoms with Gasteiger partial charge in [-0.05, 0) is 5.56 Å². The molecule has 3 aromatic rings. The van der Waals surface area contributed by atoms with Crippen LogP contribution in [0.25, 0.3) is 11.2 Å². The lowest BCUT2D eigenvalue weighted by Gasteiger charge is -2.08. The first-order valence-corrected chi connectivity index (χ1v) is 6.33. The van der Waals surface area contributed by atoms with Gasteiger partial charge in [-0.1, -0.05) is 30.3 Å². The second-order valence-electron chi connectivity index (χ2n) is 4.35. The van der Waals surface area contributed by atoms with E-state index in [4.69, 9.17) is 15.6 Å². The van der Waals surface area contributed by atoms with Gasteiger partial charge in [0.25, 0.3) is 0 Å². The van der Waals surface area contributed by atoms with Gasteiger partial charge in [0.1, 0.15) is 6.61 Å². The van der Waals surface area contributed by atoms with Gasteiger partial charge in [-0.15, -0.1) is 0 Å². The molecule has 0 amide bonds. The number of nitrogen functional groups attached to an aromatic ring is 1. The van der Waals surface area contributed by atoms with Crippen molar-refractivity contribution < 1.29 is 9.84 Å². The van der Waals surface area contributed by atoms with Crippen LogP contribution < -0.4 is 10.5 Å². The van der Waals surface area contributed by atoms with Crippen LogP contribution in [0.5, 0.6) is 5.88 Å². The van der Waals surface area contributed by atoms with E-state index in [9.17, 15) is 0 Å². The van der Waals surface area contributed by atoms with Gasteiger partial charge in [0.15, 0.2) is 11.2 Å². The molecule has 21 heavy (non-hydrogen) atoms. The number of aliphatic hydroxyl groups is 1. The Labute approximate surface area is 120 Å². The molecule has 7 heteroatoms. The smallest absolute Gasteiger partial charge is 0.247 e. The number of ether oxygens (including phenoxy) is 1. The number of anilines is 1. The van der Waals surface area contributed by atoms with Crippen LogP contribution in [0.1, 0.15) is 11.3 Å². The zero-order chi connectivity index (χ0) is 14.7. The molecule has 0 radical (unpaired) electrons. The number of hydrogen-bond donors (Lipinski definition) is 2. The molecule has 3 N–H and O–H groups in total. The van der Waals surface area contributed by atoms with E-state index >= 15 is 0 Å². The van der Waals surface area contributed by atoms with Crippen molar-refractivity contribution in [3.8, 4) is 5.88 Å². The lowest BCUT2D eigenvalue weighted by Crippen LogP contribution is -2.05. The lowest BCUT2D eigenvalue weighted by atomic mass is 10.2. The second kappa shape index (κ2) is 5.68. The number of aromatic nitrogens is 4. The number of rotatable bonds is 4. The third kappa shape index (κ3) is 2.87. The SMILES string of the molecule is Nc1nc(OCc2ccccc2)c2nc(CO)cnc2n1. The number of fused-ring (bicyclic) bond motifs is 1. The van der Waals surface area contributed by atoms with E-state index in [1.807, 2.05) is 30.3 Å². The average molecular weight is 283 g/mol. The fourth-order valence-corrected chi connectivity index (χ4v) is 1.84. The van der Waals surface area contributed by atoms with Crippen LogP contribution in [-0.4, -0.2) is 25.0 Å². The molecular formula is C14H13N5O2. The van der Waals surface area contributed by atoms with Gasteiger partial charge >= 0.3 is 0 Å². The highest BCUT2D eigenvalue weighted by molar-refractivity contribution is 5.76. The molecule has 0 aliphatic rings. The van der Waals surface area contributed by atoms with Gasteiger partial charge in [0, 0.05) is 0 Å². The molecule has 106 valence electrons. The molecule has 0 atom stereocenters. The van der Waals surface area contributed by atoms with Crippen molar-refractivity contribution in [3.63, 3.8) is 0 Å². The Bertz CT molecular complexity index is 764. The fraction of sp³-hybridized carbons (Fsp3) is 0.143. The van der Waals surface area contributed by atoms with Crippen molar-refractivity contribution in [2.45, 2.75) is 13.2 Å². The normalized spacial score (nSPS) is 10.7. The first-order chi connectivity index (χ1) is 10.3. The quantitative estimate of drug-likeness (QED) is 0.737. The summed E-state index contributed by atoms with van der Waals surface area (Å²) in [5.41, 5.74) is 7.77. The molecule has 0 saturated heterocycles. The minimum Gasteiger partial charge on any atom is -0.471 e. The van der Waals surface area contributed by atoms with Gasteiger partial charge in [0.2, 0.25) is 11.8 Å². The van der Waals surface area contributed by atoms with Gasteiger partial charge in [-0.2, -0.15) is 9.97 Å². The molecular weight excluding hydrogens is 270 g/mol. The van der Waals surface area contributed by atoms with Crippen molar-refractivity contribution in [2.75, 3.05) is 5.73 Å². The minimum absolute atomic E-state index is 0.0663. The van der Waals surface area contributed by atoms with Crippen molar-refractivity contribution in [1.82, 2.24) is 19.9 Å². The summed E-state index contributed by atoms with van der Waals surface area (Å²) >= 11 is 0. The zero-order valence-corrected chi connectivity index (χ0v) is 11.1. The molecule has 1 aromatic carbocycles. The van der Waals surface area contributed by atoms with Gasteiger partial charge < -0.3 is 15.6 Å². The summed E-state index contributed by atoms with van der Waals surface area (Å²) in [7, 11) is 0. The first kappa shape index (κ1) is 13.2. The number of nitrogens with two attached hydrogens (primary N) is 1. The summed E-state index contributed by atoms with van der Waals surface area (Å²) in [5, 5.41) is 9.14. The van der Waals surface area contributed by atoms with E-state index < -0.39 is 0 Å². The number of benzene rings is 1. The summed E-state index contributed by atoms with van der Waals surface area (Å²) in [6.45, 7) is 0.114. The van der Waals surface area contributed by atoms with E-state index in [1.165, 1.54) is 6.20 Å². The monoisotopic (exact) mass is 283 g/mol. The molecule has 7 nitrogen and oxygen atoms in total. The van der Waals surface area contributed by atoms with Crippen LogP contribution in [0.15, 0.2) is 36.5 Å². The van der Waals surface area contributed by atoms with Crippen LogP contribution in [0, 0.1) is 0 Å². The van der Waals surface area contributed by atoms with Crippen LogP contribution >= 0.6 is 0 Å². The molecule has 0 spiro atoms. The lowest BCUT2D eigenvalue weighted by molar-refractivity contribution is 0.276. The summed E-state index contributed by atoms with van der Waals surface area (Å²) < 4.78 is 5.67. The molecule has 2 heterocycles. The number of nitrogens with zero attached hydrogens (tertiary/aromatic N) is 4. The average Bonchev–Trinajstić information content (AvgIpc) is 2.53. The Morgan fingerprint density at radius 3 is 2.67 bits per heavy atom. The maximum Gasteiger partial charge on any atom is 0.247 e. The standard InChI is InChI=1S/C14H13N5O2/c15-14-18-12-11(17-10(7-20)6-16-12)13(19-14)21-8-9-4-2-1-3-5-9/h1-6,20H,7-8H2,(H2,15,16,18,19). The van der Waals surface area contributed by atoms with E-state index in [2.05, 4.69) is 19.9 Å².